The van der Waals surface area contributed by atoms with Gasteiger partial charge in [-0.15, -0.1) is 0 Å². The average Bonchev–Trinajstić information content (AvgIpc) is 3.42. The zero-order chi connectivity index (χ0) is 30.0. The Hall–Kier alpha value is -4.43. The number of aromatic carboxylic acids is 1. The molecule has 0 saturated carbocycles. The lowest BCUT2D eigenvalue weighted by molar-refractivity contribution is 0.0303. The SMILES string of the molecule is CC(C)Oc1cc(-c2cc(-c3ccc(C(=O)O)cc3)nn2-c2ccc(C(=O)N3CCOCC3)cc2)cc(C(C)(C)C)c1. The summed E-state index contributed by atoms with van der Waals surface area (Å²) in [5.41, 5.74) is 5.91. The van der Waals surface area contributed by atoms with Crippen LogP contribution in [0.1, 0.15) is 60.9 Å². The molecule has 0 spiro atoms. The zero-order valence-electron chi connectivity index (χ0n) is 24.8. The number of hydrogen-bond donors (Lipinski definition) is 1. The predicted octanol–water partition coefficient (Wildman–Crippen LogP) is 6.46. The van der Waals surface area contributed by atoms with Gasteiger partial charge in [0.2, 0.25) is 0 Å². The molecule has 1 amide bonds. The minimum atomic E-state index is -0.976. The fraction of sp³-hybridized carbons (Fsp3) is 0.324. The summed E-state index contributed by atoms with van der Waals surface area (Å²) in [6, 6.07) is 22.4. The van der Waals surface area contributed by atoms with Crippen molar-refractivity contribution in [2.24, 2.45) is 0 Å². The molecular formula is C34H37N3O5. The van der Waals surface area contributed by atoms with E-state index in [1.807, 2.05) is 59.8 Å². The summed E-state index contributed by atoms with van der Waals surface area (Å²) < 4.78 is 13.4. The molecule has 0 aliphatic carbocycles. The number of aromatic nitrogens is 2. The van der Waals surface area contributed by atoms with E-state index in [4.69, 9.17) is 14.6 Å². The number of rotatable bonds is 7. The third-order valence-electron chi connectivity index (χ3n) is 7.23. The van der Waals surface area contributed by atoms with Crippen LogP contribution in [0.15, 0.2) is 72.8 Å². The van der Waals surface area contributed by atoms with Gasteiger partial charge in [0.25, 0.3) is 5.91 Å². The van der Waals surface area contributed by atoms with Crippen LogP contribution in [0, 0.1) is 0 Å². The first kappa shape index (κ1) is 29.1. The lowest BCUT2D eigenvalue weighted by atomic mass is 9.85. The number of hydrogen-bond acceptors (Lipinski definition) is 5. The summed E-state index contributed by atoms with van der Waals surface area (Å²) in [5, 5.41) is 14.3. The highest BCUT2D eigenvalue weighted by molar-refractivity contribution is 5.94. The molecule has 1 aromatic heterocycles. The average molecular weight is 568 g/mol. The molecular weight excluding hydrogens is 530 g/mol. The van der Waals surface area contributed by atoms with Crippen molar-refractivity contribution in [3.8, 4) is 34.0 Å². The van der Waals surface area contributed by atoms with Gasteiger partial charge in [-0.2, -0.15) is 5.10 Å². The molecule has 1 N–H and O–H groups in total. The van der Waals surface area contributed by atoms with E-state index in [0.29, 0.717) is 37.6 Å². The second kappa shape index (κ2) is 11.8. The lowest BCUT2D eigenvalue weighted by Crippen LogP contribution is -2.40. The maximum atomic E-state index is 13.0. The van der Waals surface area contributed by atoms with Crippen molar-refractivity contribution in [3.63, 3.8) is 0 Å². The van der Waals surface area contributed by atoms with Crippen LogP contribution in [0.4, 0.5) is 0 Å². The molecule has 4 aromatic rings. The van der Waals surface area contributed by atoms with Crippen molar-refractivity contribution in [1.29, 1.82) is 0 Å². The summed E-state index contributed by atoms with van der Waals surface area (Å²) in [5.74, 6) is -0.215. The van der Waals surface area contributed by atoms with Crippen LogP contribution in [0.2, 0.25) is 0 Å². The normalized spacial score (nSPS) is 13.8. The van der Waals surface area contributed by atoms with Gasteiger partial charge in [0.15, 0.2) is 0 Å². The Morgan fingerprint density at radius 3 is 2.12 bits per heavy atom. The summed E-state index contributed by atoms with van der Waals surface area (Å²) in [6.45, 7) is 12.8. The smallest absolute Gasteiger partial charge is 0.335 e. The highest BCUT2D eigenvalue weighted by Crippen LogP contribution is 2.35. The predicted molar refractivity (Wildman–Crippen MR) is 163 cm³/mol. The number of carbonyl (C=O) groups is 2. The molecule has 218 valence electrons. The molecule has 5 rings (SSSR count). The molecule has 1 aliphatic heterocycles. The molecule has 3 aromatic carbocycles. The highest BCUT2D eigenvalue weighted by Gasteiger charge is 2.22. The minimum absolute atomic E-state index is 0.0119. The van der Waals surface area contributed by atoms with Gasteiger partial charge < -0.3 is 19.5 Å². The highest BCUT2D eigenvalue weighted by atomic mass is 16.5. The van der Waals surface area contributed by atoms with Gasteiger partial charge in [-0.05, 0) is 85.5 Å². The number of carboxylic acid groups (broad SMARTS) is 1. The lowest BCUT2D eigenvalue weighted by Gasteiger charge is -2.26. The second-order valence-electron chi connectivity index (χ2n) is 11.8. The van der Waals surface area contributed by atoms with E-state index in [2.05, 4.69) is 32.9 Å². The van der Waals surface area contributed by atoms with Gasteiger partial charge >= 0.3 is 5.97 Å². The first-order valence-electron chi connectivity index (χ1n) is 14.2. The van der Waals surface area contributed by atoms with Crippen molar-refractivity contribution in [2.45, 2.75) is 46.1 Å². The van der Waals surface area contributed by atoms with Crippen LogP contribution in [0.3, 0.4) is 0 Å². The largest absolute Gasteiger partial charge is 0.491 e. The van der Waals surface area contributed by atoms with Crippen molar-refractivity contribution < 1.29 is 24.2 Å². The molecule has 8 heteroatoms. The van der Waals surface area contributed by atoms with Gasteiger partial charge in [0.05, 0.1) is 42.0 Å². The van der Waals surface area contributed by atoms with E-state index in [-0.39, 0.29) is 23.0 Å². The van der Waals surface area contributed by atoms with E-state index in [9.17, 15) is 14.7 Å². The van der Waals surface area contributed by atoms with Gasteiger partial charge in [0, 0.05) is 29.8 Å². The maximum absolute atomic E-state index is 13.0. The molecule has 42 heavy (non-hydrogen) atoms. The number of benzene rings is 3. The van der Waals surface area contributed by atoms with Crippen molar-refractivity contribution in [3.05, 3.63) is 89.5 Å². The summed E-state index contributed by atoms with van der Waals surface area (Å²) >= 11 is 0. The molecule has 8 nitrogen and oxygen atoms in total. The van der Waals surface area contributed by atoms with E-state index < -0.39 is 5.97 Å². The van der Waals surface area contributed by atoms with Gasteiger partial charge in [-0.1, -0.05) is 32.9 Å². The van der Waals surface area contributed by atoms with Crippen LogP contribution in [0.5, 0.6) is 5.75 Å². The van der Waals surface area contributed by atoms with Crippen molar-refractivity contribution in [1.82, 2.24) is 14.7 Å². The monoisotopic (exact) mass is 567 g/mol. The third kappa shape index (κ3) is 6.39. The number of carboxylic acids is 1. The zero-order valence-corrected chi connectivity index (χ0v) is 24.8. The quantitative estimate of drug-likeness (QED) is 0.275. The summed E-state index contributed by atoms with van der Waals surface area (Å²) in [7, 11) is 0. The maximum Gasteiger partial charge on any atom is 0.335 e. The van der Waals surface area contributed by atoms with Crippen LogP contribution in [-0.4, -0.2) is 64.1 Å². The van der Waals surface area contributed by atoms with E-state index >= 15 is 0 Å². The van der Waals surface area contributed by atoms with E-state index in [1.165, 1.54) is 0 Å². The fourth-order valence-corrected chi connectivity index (χ4v) is 4.92. The fourth-order valence-electron chi connectivity index (χ4n) is 4.92. The first-order valence-corrected chi connectivity index (χ1v) is 14.2. The molecule has 2 heterocycles. The Morgan fingerprint density at radius 1 is 0.881 bits per heavy atom. The Kier molecular flexibility index (Phi) is 8.18. The summed E-state index contributed by atoms with van der Waals surface area (Å²) in [4.78, 5) is 26.3. The molecule has 0 unspecified atom stereocenters. The summed E-state index contributed by atoms with van der Waals surface area (Å²) in [6.07, 6.45) is 0.0119. The Morgan fingerprint density at radius 2 is 1.52 bits per heavy atom. The topological polar surface area (TPSA) is 93.9 Å². The number of amides is 1. The Labute approximate surface area is 246 Å². The van der Waals surface area contributed by atoms with Crippen LogP contribution < -0.4 is 4.74 Å². The van der Waals surface area contributed by atoms with Gasteiger partial charge in [-0.25, -0.2) is 9.48 Å². The molecule has 0 bridgehead atoms. The first-order chi connectivity index (χ1) is 20.0. The van der Waals surface area contributed by atoms with Crippen LogP contribution in [0.25, 0.3) is 28.2 Å². The van der Waals surface area contributed by atoms with E-state index in [1.54, 1.807) is 24.3 Å². The number of nitrogens with zero attached hydrogens (tertiary/aromatic N) is 3. The molecule has 1 fully saturated rings. The molecule has 0 atom stereocenters. The number of ether oxygens (including phenoxy) is 2. The molecule has 1 aliphatic rings. The second-order valence-corrected chi connectivity index (χ2v) is 11.8. The van der Waals surface area contributed by atoms with Crippen molar-refractivity contribution >= 4 is 11.9 Å². The van der Waals surface area contributed by atoms with Crippen LogP contribution in [-0.2, 0) is 10.2 Å². The molecule has 0 radical (unpaired) electrons. The number of morpholine rings is 1. The van der Waals surface area contributed by atoms with Crippen molar-refractivity contribution in [2.75, 3.05) is 26.3 Å². The van der Waals surface area contributed by atoms with Gasteiger partial charge in [-0.3, -0.25) is 4.79 Å². The molecule has 1 saturated heterocycles. The van der Waals surface area contributed by atoms with Crippen LogP contribution >= 0.6 is 0 Å². The number of carbonyl (C=O) groups excluding carboxylic acids is 1. The Bertz CT molecular complexity index is 1580. The Balaban J connectivity index is 1.61. The third-order valence-corrected chi connectivity index (χ3v) is 7.23. The standard InChI is InChI=1S/C34H37N3O5/c1-22(2)42-29-19-26(18-27(20-29)34(3,4)5)31-21-30(23-6-8-25(9-7-23)33(39)40)35-37(31)28-12-10-24(11-13-28)32(38)36-14-16-41-17-15-36/h6-13,18-22H,14-17H2,1-5H3,(H,39,40). The van der Waals surface area contributed by atoms with Gasteiger partial charge in [0.1, 0.15) is 5.75 Å². The minimum Gasteiger partial charge on any atom is -0.491 e. The van der Waals surface area contributed by atoms with E-state index in [0.717, 1.165) is 33.8 Å².